The molecule has 4 aromatic rings. The first-order valence-electron chi connectivity index (χ1n) is 6.90. The van der Waals surface area contributed by atoms with Crippen LogP contribution in [0.25, 0.3) is 21.9 Å². The normalized spacial score (nSPS) is 11.3. The number of aryl methyl sites for hydroxylation is 1. The van der Waals surface area contributed by atoms with Crippen molar-refractivity contribution in [3.8, 4) is 0 Å². The fraction of sp³-hybridized carbons (Fsp3) is 0.0588. The van der Waals surface area contributed by atoms with Gasteiger partial charge < -0.3 is 10.2 Å². The largest absolute Gasteiger partial charge is 0.451 e. The summed E-state index contributed by atoms with van der Waals surface area (Å²) in [6, 6.07) is 12.9. The van der Waals surface area contributed by atoms with Crippen molar-refractivity contribution in [1.29, 1.82) is 0 Å². The van der Waals surface area contributed by atoms with Crippen LogP contribution >= 0.6 is 0 Å². The molecule has 2 N–H and O–H groups in total. The number of rotatable bonds is 1. The van der Waals surface area contributed by atoms with Crippen LogP contribution in [0.1, 0.15) is 16.1 Å². The smallest absolute Gasteiger partial charge is 0.314 e. The zero-order valence-corrected chi connectivity index (χ0v) is 11.9. The third kappa shape index (κ3) is 1.87. The molecule has 5 nitrogen and oxygen atoms in total. The predicted molar refractivity (Wildman–Crippen MR) is 84.8 cm³/mol. The third-order valence-corrected chi connectivity index (χ3v) is 3.67. The summed E-state index contributed by atoms with van der Waals surface area (Å²) >= 11 is 0. The number of nitrogens with two attached hydrogens (primary N) is 1. The number of hydrogen-bond donors (Lipinski definition) is 1. The Morgan fingerprint density at radius 2 is 2.00 bits per heavy atom. The van der Waals surface area contributed by atoms with Gasteiger partial charge in [0.2, 0.25) is 0 Å². The summed E-state index contributed by atoms with van der Waals surface area (Å²) < 4.78 is 7.00. The van der Waals surface area contributed by atoms with Gasteiger partial charge in [0.1, 0.15) is 5.58 Å². The van der Waals surface area contributed by atoms with Crippen LogP contribution in [0.5, 0.6) is 0 Å². The first-order chi connectivity index (χ1) is 10.6. The molecule has 2 aromatic heterocycles. The van der Waals surface area contributed by atoms with Crippen molar-refractivity contribution in [2.24, 2.45) is 0 Å². The van der Waals surface area contributed by atoms with E-state index in [4.69, 9.17) is 10.2 Å². The second kappa shape index (κ2) is 4.46. The van der Waals surface area contributed by atoms with Crippen molar-refractivity contribution in [3.05, 3.63) is 60.0 Å². The Balaban J connectivity index is 1.84. The van der Waals surface area contributed by atoms with Gasteiger partial charge in [-0.3, -0.25) is 4.79 Å². The van der Waals surface area contributed by atoms with E-state index >= 15 is 0 Å². The lowest BCUT2D eigenvalue weighted by molar-refractivity contribution is 0.0925. The van der Waals surface area contributed by atoms with Gasteiger partial charge in [0.25, 0.3) is 0 Å². The lowest BCUT2D eigenvalue weighted by Gasteiger charge is -1.99. The van der Waals surface area contributed by atoms with Crippen molar-refractivity contribution in [2.45, 2.75) is 6.92 Å². The van der Waals surface area contributed by atoms with Gasteiger partial charge in [0.15, 0.2) is 5.76 Å². The Kier molecular flexibility index (Phi) is 2.56. The summed E-state index contributed by atoms with van der Waals surface area (Å²) in [7, 11) is 0. The minimum absolute atomic E-state index is 0.266. The number of nitrogen functional groups attached to an aromatic ring is 1. The summed E-state index contributed by atoms with van der Waals surface area (Å²) in [5.74, 6) is -0.0314. The van der Waals surface area contributed by atoms with E-state index in [1.165, 1.54) is 4.68 Å². The number of nitrogens with zero attached hydrogens (tertiary/aromatic N) is 2. The summed E-state index contributed by atoms with van der Waals surface area (Å²) in [5.41, 5.74) is 8.87. The topological polar surface area (TPSA) is 74.0 Å². The van der Waals surface area contributed by atoms with Crippen LogP contribution in [0.3, 0.4) is 0 Å². The lowest BCUT2D eigenvalue weighted by Crippen LogP contribution is -2.12. The minimum Gasteiger partial charge on any atom is -0.451 e. The quantitative estimate of drug-likeness (QED) is 0.546. The number of anilines is 1. The van der Waals surface area contributed by atoms with Gasteiger partial charge >= 0.3 is 5.91 Å². The minimum atomic E-state index is -0.298. The van der Waals surface area contributed by atoms with Gasteiger partial charge in [0.05, 0.1) is 11.7 Å². The maximum atomic E-state index is 12.6. The molecule has 0 radical (unpaired) electrons. The van der Waals surface area contributed by atoms with Gasteiger partial charge in [-0.2, -0.15) is 9.78 Å². The van der Waals surface area contributed by atoms with Crippen LogP contribution in [-0.4, -0.2) is 15.7 Å². The Hall–Kier alpha value is -3.08. The number of aromatic nitrogens is 2. The standard InChI is InChI=1S/C17H13N3O2/c1-10-2-3-11-8-16(22-15(11)6-10)17(21)20-14-5-4-13(18)7-12(14)9-19-20/h2-9H,18H2,1H3. The van der Waals surface area contributed by atoms with Crippen molar-refractivity contribution in [2.75, 3.05) is 5.73 Å². The van der Waals surface area contributed by atoms with E-state index in [-0.39, 0.29) is 11.7 Å². The third-order valence-electron chi connectivity index (χ3n) is 3.67. The van der Waals surface area contributed by atoms with E-state index in [2.05, 4.69) is 5.10 Å². The fourth-order valence-corrected chi connectivity index (χ4v) is 2.56. The summed E-state index contributed by atoms with van der Waals surface area (Å²) in [6.07, 6.45) is 1.62. The van der Waals surface area contributed by atoms with Gasteiger partial charge in [-0.05, 0) is 42.8 Å². The van der Waals surface area contributed by atoms with Crippen molar-refractivity contribution >= 4 is 33.5 Å². The molecule has 0 fully saturated rings. The molecule has 0 saturated carbocycles. The van der Waals surface area contributed by atoms with E-state index in [1.54, 1.807) is 30.5 Å². The molecule has 108 valence electrons. The molecule has 0 aliphatic rings. The van der Waals surface area contributed by atoms with E-state index in [0.717, 1.165) is 16.3 Å². The Labute approximate surface area is 125 Å². The molecule has 0 atom stereocenters. The van der Waals surface area contributed by atoms with E-state index in [1.807, 2.05) is 25.1 Å². The second-order valence-corrected chi connectivity index (χ2v) is 5.33. The first-order valence-corrected chi connectivity index (χ1v) is 6.90. The molecule has 0 amide bonds. The van der Waals surface area contributed by atoms with E-state index < -0.39 is 0 Å². The fourth-order valence-electron chi connectivity index (χ4n) is 2.56. The van der Waals surface area contributed by atoms with Crippen LogP contribution in [0.2, 0.25) is 0 Å². The van der Waals surface area contributed by atoms with Gasteiger partial charge in [-0.25, -0.2) is 0 Å². The van der Waals surface area contributed by atoms with Crippen LogP contribution < -0.4 is 5.73 Å². The molecular weight excluding hydrogens is 278 g/mol. The van der Waals surface area contributed by atoms with Crippen molar-refractivity contribution in [3.63, 3.8) is 0 Å². The molecule has 0 aliphatic heterocycles. The van der Waals surface area contributed by atoms with E-state index in [9.17, 15) is 4.79 Å². The molecule has 0 bridgehead atoms. The van der Waals surface area contributed by atoms with Crippen LogP contribution in [0.15, 0.2) is 53.1 Å². The Morgan fingerprint density at radius 3 is 2.86 bits per heavy atom. The predicted octanol–water partition coefficient (Wildman–Crippen LogP) is 3.36. The molecule has 0 aliphatic carbocycles. The van der Waals surface area contributed by atoms with Crippen molar-refractivity contribution in [1.82, 2.24) is 9.78 Å². The first kappa shape index (κ1) is 12.6. The highest BCUT2D eigenvalue weighted by Gasteiger charge is 2.17. The highest BCUT2D eigenvalue weighted by Crippen LogP contribution is 2.23. The highest BCUT2D eigenvalue weighted by atomic mass is 16.3. The number of carbonyl (C=O) groups is 1. The van der Waals surface area contributed by atoms with Crippen LogP contribution in [0, 0.1) is 6.92 Å². The molecule has 2 heterocycles. The van der Waals surface area contributed by atoms with Gasteiger partial charge in [-0.1, -0.05) is 12.1 Å². The molecule has 22 heavy (non-hydrogen) atoms. The highest BCUT2D eigenvalue weighted by molar-refractivity contribution is 6.02. The summed E-state index contributed by atoms with van der Waals surface area (Å²) in [5, 5.41) is 5.87. The molecule has 4 rings (SSSR count). The number of furan rings is 1. The maximum Gasteiger partial charge on any atom is 0.314 e. The maximum absolute atomic E-state index is 12.6. The SMILES string of the molecule is Cc1ccc2cc(C(=O)n3ncc4cc(N)ccc43)oc2c1. The van der Waals surface area contributed by atoms with Gasteiger partial charge in [-0.15, -0.1) is 0 Å². The molecule has 0 spiro atoms. The zero-order valence-electron chi connectivity index (χ0n) is 11.9. The molecule has 0 unspecified atom stereocenters. The lowest BCUT2D eigenvalue weighted by atomic mass is 10.2. The average molecular weight is 291 g/mol. The van der Waals surface area contributed by atoms with Crippen LogP contribution in [-0.2, 0) is 0 Å². The van der Waals surface area contributed by atoms with Crippen LogP contribution in [0.4, 0.5) is 5.69 Å². The Bertz CT molecular complexity index is 1030. The van der Waals surface area contributed by atoms with Crippen molar-refractivity contribution < 1.29 is 9.21 Å². The molecular formula is C17H13N3O2. The monoisotopic (exact) mass is 291 g/mol. The average Bonchev–Trinajstić information content (AvgIpc) is 3.09. The number of carbonyl (C=O) groups excluding carboxylic acids is 1. The molecule has 5 heteroatoms. The molecule has 0 saturated heterocycles. The molecule has 2 aromatic carbocycles. The number of hydrogen-bond acceptors (Lipinski definition) is 4. The van der Waals surface area contributed by atoms with E-state index in [0.29, 0.717) is 16.8 Å². The van der Waals surface area contributed by atoms with Gasteiger partial charge in [0, 0.05) is 16.5 Å². The summed E-state index contributed by atoms with van der Waals surface area (Å²) in [4.78, 5) is 12.6. The zero-order chi connectivity index (χ0) is 15.3. The Morgan fingerprint density at radius 1 is 1.14 bits per heavy atom. The summed E-state index contributed by atoms with van der Waals surface area (Å²) in [6.45, 7) is 1.98. The number of fused-ring (bicyclic) bond motifs is 2. The second-order valence-electron chi connectivity index (χ2n) is 5.33. The number of benzene rings is 2.